The van der Waals surface area contributed by atoms with Crippen molar-refractivity contribution in [2.75, 3.05) is 26.7 Å². The molecule has 0 saturated carbocycles. The lowest BCUT2D eigenvalue weighted by atomic mass is 9.93. The van der Waals surface area contributed by atoms with Crippen LogP contribution < -0.4 is 5.32 Å². The largest absolute Gasteiger partial charge is 0.345 e. The summed E-state index contributed by atoms with van der Waals surface area (Å²) in [4.78, 5) is 13.4. The summed E-state index contributed by atoms with van der Waals surface area (Å²) < 4.78 is 0. The predicted molar refractivity (Wildman–Crippen MR) is 62.7 cm³/mol. The minimum absolute atomic E-state index is 0.175. The van der Waals surface area contributed by atoms with E-state index in [0.717, 1.165) is 19.5 Å². The van der Waals surface area contributed by atoms with Gasteiger partial charge in [-0.15, -0.1) is 0 Å². The van der Waals surface area contributed by atoms with Crippen molar-refractivity contribution in [2.45, 2.75) is 32.1 Å². The van der Waals surface area contributed by atoms with E-state index in [1.54, 1.807) is 11.9 Å². The Balaban J connectivity index is 2.15. The van der Waals surface area contributed by atoms with E-state index in [1.165, 1.54) is 12.8 Å². The van der Waals surface area contributed by atoms with E-state index in [9.17, 15) is 4.79 Å². The molecule has 1 saturated heterocycles. The van der Waals surface area contributed by atoms with Gasteiger partial charge in [0.2, 0.25) is 5.91 Å². The number of nitrogens with zero attached hydrogens (tertiary/aromatic N) is 2. The molecular weight excluding hydrogens is 202 g/mol. The van der Waals surface area contributed by atoms with Crippen LogP contribution in [-0.4, -0.2) is 37.5 Å². The Labute approximate surface area is 97.6 Å². The summed E-state index contributed by atoms with van der Waals surface area (Å²) in [6, 6.07) is 2.06. The van der Waals surface area contributed by atoms with Gasteiger partial charge in [-0.05, 0) is 38.3 Å². The van der Waals surface area contributed by atoms with Gasteiger partial charge in [0.05, 0.1) is 12.5 Å². The zero-order valence-electron chi connectivity index (χ0n) is 10.0. The first-order valence-corrected chi connectivity index (χ1v) is 6.05. The lowest BCUT2D eigenvalue weighted by Gasteiger charge is -2.23. The lowest BCUT2D eigenvalue weighted by Crippen LogP contribution is -2.30. The van der Waals surface area contributed by atoms with Crippen LogP contribution in [0.5, 0.6) is 0 Å². The van der Waals surface area contributed by atoms with E-state index in [2.05, 4.69) is 11.4 Å². The van der Waals surface area contributed by atoms with Crippen molar-refractivity contribution in [3.05, 3.63) is 0 Å². The van der Waals surface area contributed by atoms with E-state index in [4.69, 9.17) is 5.26 Å². The van der Waals surface area contributed by atoms with E-state index in [0.29, 0.717) is 25.3 Å². The molecule has 0 atom stereocenters. The average Bonchev–Trinajstić information content (AvgIpc) is 2.34. The van der Waals surface area contributed by atoms with Crippen LogP contribution in [0.2, 0.25) is 0 Å². The Morgan fingerprint density at radius 1 is 1.50 bits per heavy atom. The first kappa shape index (κ1) is 13.0. The van der Waals surface area contributed by atoms with Gasteiger partial charge in [0, 0.05) is 20.0 Å². The third kappa shape index (κ3) is 4.63. The highest BCUT2D eigenvalue weighted by atomic mass is 16.2. The van der Waals surface area contributed by atoms with E-state index in [1.807, 2.05) is 0 Å². The maximum Gasteiger partial charge on any atom is 0.222 e. The average molecular weight is 223 g/mol. The van der Waals surface area contributed by atoms with Crippen molar-refractivity contribution in [2.24, 2.45) is 5.92 Å². The van der Waals surface area contributed by atoms with Crippen molar-refractivity contribution >= 4 is 5.91 Å². The molecule has 0 spiro atoms. The topological polar surface area (TPSA) is 56.1 Å². The quantitative estimate of drug-likeness (QED) is 0.760. The molecule has 0 radical (unpaired) electrons. The molecule has 0 aromatic rings. The summed E-state index contributed by atoms with van der Waals surface area (Å²) >= 11 is 0. The molecule has 0 bridgehead atoms. The molecule has 90 valence electrons. The van der Waals surface area contributed by atoms with Gasteiger partial charge < -0.3 is 10.2 Å². The number of carbonyl (C=O) groups excluding carboxylic acids is 1. The third-order valence-corrected chi connectivity index (χ3v) is 3.21. The molecule has 16 heavy (non-hydrogen) atoms. The molecule has 1 heterocycles. The summed E-state index contributed by atoms with van der Waals surface area (Å²) in [6.45, 7) is 2.73. The normalized spacial score (nSPS) is 16.8. The van der Waals surface area contributed by atoms with Crippen LogP contribution in [-0.2, 0) is 4.79 Å². The molecule has 1 amide bonds. The smallest absolute Gasteiger partial charge is 0.222 e. The van der Waals surface area contributed by atoms with Crippen molar-refractivity contribution < 1.29 is 4.79 Å². The fraction of sp³-hybridized carbons (Fsp3) is 0.833. The summed E-state index contributed by atoms with van der Waals surface area (Å²) in [5.74, 6) is 0.878. The number of amides is 1. The third-order valence-electron chi connectivity index (χ3n) is 3.21. The van der Waals surface area contributed by atoms with Gasteiger partial charge in [0.1, 0.15) is 0 Å². The minimum atomic E-state index is 0.175. The minimum Gasteiger partial charge on any atom is -0.345 e. The molecule has 4 heteroatoms. The predicted octanol–water partition coefficient (Wildman–Crippen LogP) is 1.14. The number of rotatable bonds is 5. The van der Waals surface area contributed by atoms with Crippen LogP contribution in [0.1, 0.15) is 32.1 Å². The number of piperidine rings is 1. The maximum atomic E-state index is 11.7. The van der Waals surface area contributed by atoms with Crippen LogP contribution >= 0.6 is 0 Å². The number of nitriles is 1. The van der Waals surface area contributed by atoms with Crippen LogP contribution in [0.15, 0.2) is 0 Å². The van der Waals surface area contributed by atoms with Gasteiger partial charge in [-0.2, -0.15) is 5.26 Å². The van der Waals surface area contributed by atoms with Gasteiger partial charge in [-0.25, -0.2) is 0 Å². The van der Waals surface area contributed by atoms with Crippen molar-refractivity contribution in [1.29, 1.82) is 5.26 Å². The van der Waals surface area contributed by atoms with Gasteiger partial charge in [0.15, 0.2) is 0 Å². The first-order valence-electron chi connectivity index (χ1n) is 6.05. The second-order valence-electron chi connectivity index (χ2n) is 4.46. The highest BCUT2D eigenvalue weighted by molar-refractivity contribution is 5.75. The summed E-state index contributed by atoms with van der Waals surface area (Å²) in [6.07, 6.45) is 4.43. The molecular formula is C12H21N3O. The zero-order chi connectivity index (χ0) is 11.8. The Morgan fingerprint density at radius 3 is 2.81 bits per heavy atom. The Kier molecular flexibility index (Phi) is 5.87. The number of nitrogens with one attached hydrogen (secondary N) is 1. The molecule has 4 nitrogen and oxygen atoms in total. The fourth-order valence-electron chi connectivity index (χ4n) is 2.03. The molecule has 0 aromatic heterocycles. The monoisotopic (exact) mass is 223 g/mol. The van der Waals surface area contributed by atoms with Gasteiger partial charge in [-0.1, -0.05) is 0 Å². The second-order valence-corrected chi connectivity index (χ2v) is 4.46. The van der Waals surface area contributed by atoms with Crippen molar-refractivity contribution in [3.8, 4) is 6.07 Å². The zero-order valence-corrected chi connectivity index (χ0v) is 10.0. The van der Waals surface area contributed by atoms with Crippen molar-refractivity contribution in [3.63, 3.8) is 0 Å². The molecule has 1 fully saturated rings. The van der Waals surface area contributed by atoms with Crippen molar-refractivity contribution in [1.82, 2.24) is 10.2 Å². The molecule has 1 aliphatic heterocycles. The Morgan fingerprint density at radius 2 is 2.19 bits per heavy atom. The van der Waals surface area contributed by atoms with Gasteiger partial charge in [0.25, 0.3) is 0 Å². The maximum absolute atomic E-state index is 11.7. The molecule has 0 unspecified atom stereocenters. The summed E-state index contributed by atoms with van der Waals surface area (Å²) in [5, 5.41) is 11.8. The van der Waals surface area contributed by atoms with Gasteiger partial charge >= 0.3 is 0 Å². The molecule has 1 rings (SSSR count). The van der Waals surface area contributed by atoms with Gasteiger partial charge in [-0.3, -0.25) is 4.79 Å². The van der Waals surface area contributed by atoms with Crippen LogP contribution in [0, 0.1) is 17.2 Å². The Hall–Kier alpha value is -1.08. The van der Waals surface area contributed by atoms with Crippen LogP contribution in [0.4, 0.5) is 0 Å². The number of hydrogen-bond acceptors (Lipinski definition) is 3. The first-order chi connectivity index (χ1) is 7.74. The summed E-state index contributed by atoms with van der Waals surface area (Å²) in [7, 11) is 1.78. The SMILES string of the molecule is CN(CCC#N)C(=O)CCC1CCNCC1. The number of carbonyl (C=O) groups is 1. The van der Waals surface area contributed by atoms with E-state index >= 15 is 0 Å². The van der Waals surface area contributed by atoms with E-state index in [-0.39, 0.29) is 5.91 Å². The molecule has 1 N–H and O–H groups in total. The van der Waals surface area contributed by atoms with E-state index < -0.39 is 0 Å². The Bertz CT molecular complexity index is 253. The number of hydrogen-bond donors (Lipinski definition) is 1. The highest BCUT2D eigenvalue weighted by Crippen LogP contribution is 2.18. The second kappa shape index (κ2) is 7.24. The molecule has 0 aromatic carbocycles. The highest BCUT2D eigenvalue weighted by Gasteiger charge is 2.15. The lowest BCUT2D eigenvalue weighted by molar-refractivity contribution is -0.130. The molecule has 1 aliphatic rings. The fourth-order valence-corrected chi connectivity index (χ4v) is 2.03. The van der Waals surface area contributed by atoms with Crippen LogP contribution in [0.3, 0.4) is 0 Å². The standard InChI is InChI=1S/C12H21N3O/c1-15(10-2-7-13)12(16)4-3-11-5-8-14-9-6-11/h11,14H,2-6,8-10H2,1H3. The summed E-state index contributed by atoms with van der Waals surface area (Å²) in [5.41, 5.74) is 0. The van der Waals surface area contributed by atoms with Crippen LogP contribution in [0.25, 0.3) is 0 Å². The molecule has 0 aliphatic carbocycles.